The summed E-state index contributed by atoms with van der Waals surface area (Å²) in [4.78, 5) is 41.7. The molecule has 4 rings (SSSR count). The van der Waals surface area contributed by atoms with Gasteiger partial charge in [0.25, 0.3) is 5.91 Å². The summed E-state index contributed by atoms with van der Waals surface area (Å²) in [6.07, 6.45) is 0.954. The molecule has 0 aliphatic heterocycles. The SMILES string of the molecule is CC1(C(=O)O)CCC(n2ncc(C(=O)NC(CC3CC3)C(=O)c3c(Cl)cncc3Cl)c2C(F)(F)F)CC1. The monoisotopic (exact) mass is 560 g/mol. The second-order valence-corrected chi connectivity index (χ2v) is 10.8. The molecule has 8 nitrogen and oxygen atoms in total. The van der Waals surface area contributed by atoms with Crippen LogP contribution in [0.4, 0.5) is 13.2 Å². The molecular weight excluding hydrogens is 536 g/mol. The van der Waals surface area contributed by atoms with Crippen LogP contribution in [-0.2, 0) is 11.0 Å². The molecule has 1 atom stereocenters. The van der Waals surface area contributed by atoms with E-state index in [2.05, 4.69) is 15.4 Å². The summed E-state index contributed by atoms with van der Waals surface area (Å²) in [5.41, 5.74) is -3.01. The van der Waals surface area contributed by atoms with Crippen LogP contribution in [0.1, 0.15) is 84.3 Å². The Kier molecular flexibility index (Phi) is 7.58. The average molecular weight is 561 g/mol. The number of hydrogen-bond donors (Lipinski definition) is 2. The Morgan fingerprint density at radius 2 is 1.73 bits per heavy atom. The third-order valence-corrected chi connectivity index (χ3v) is 7.79. The summed E-state index contributed by atoms with van der Waals surface area (Å²) in [6.45, 7) is 1.57. The predicted molar refractivity (Wildman–Crippen MR) is 128 cm³/mol. The van der Waals surface area contributed by atoms with Crippen molar-refractivity contribution in [2.24, 2.45) is 11.3 Å². The van der Waals surface area contributed by atoms with Gasteiger partial charge in [0.2, 0.25) is 0 Å². The van der Waals surface area contributed by atoms with E-state index >= 15 is 0 Å². The lowest BCUT2D eigenvalue weighted by atomic mass is 9.74. The van der Waals surface area contributed by atoms with Gasteiger partial charge in [0.05, 0.1) is 44.9 Å². The minimum Gasteiger partial charge on any atom is -0.481 e. The van der Waals surface area contributed by atoms with Crippen LogP contribution in [-0.4, -0.2) is 43.6 Å². The van der Waals surface area contributed by atoms with E-state index in [9.17, 15) is 32.7 Å². The van der Waals surface area contributed by atoms with E-state index in [0.717, 1.165) is 23.7 Å². The summed E-state index contributed by atoms with van der Waals surface area (Å²) >= 11 is 12.2. The number of nitrogens with zero attached hydrogens (tertiary/aromatic N) is 3. The van der Waals surface area contributed by atoms with Crippen molar-refractivity contribution < 1.29 is 32.7 Å². The van der Waals surface area contributed by atoms with E-state index in [1.807, 2.05) is 0 Å². The van der Waals surface area contributed by atoms with E-state index in [1.165, 1.54) is 12.4 Å². The Hall–Kier alpha value is -2.66. The third kappa shape index (κ3) is 5.77. The van der Waals surface area contributed by atoms with Gasteiger partial charge in [0.15, 0.2) is 11.5 Å². The standard InChI is InChI=1S/C24H25Cl2F3N4O4/c1-23(22(36)37)6-4-13(5-7-23)33-20(24(27,28)29)14(9-31-33)21(35)32-17(8-12-2-3-12)19(34)18-15(25)10-30-11-16(18)26/h9-13,17H,2-8H2,1H3,(H,32,35)(H,36,37). The minimum atomic E-state index is -4.91. The van der Waals surface area contributed by atoms with Crippen LogP contribution in [0.15, 0.2) is 18.6 Å². The molecule has 1 unspecified atom stereocenters. The number of aliphatic carboxylic acids is 1. The van der Waals surface area contributed by atoms with Gasteiger partial charge in [-0.25, -0.2) is 0 Å². The summed E-state index contributed by atoms with van der Waals surface area (Å²) in [5, 5.41) is 15.7. The van der Waals surface area contributed by atoms with E-state index in [4.69, 9.17) is 23.2 Å². The fraction of sp³-hybridized carbons (Fsp3) is 0.542. The quantitative estimate of drug-likeness (QED) is 0.406. The maximum Gasteiger partial charge on any atom is 0.433 e. The number of carbonyl (C=O) groups is 3. The van der Waals surface area contributed by atoms with Crippen molar-refractivity contribution in [3.8, 4) is 0 Å². The molecule has 2 heterocycles. The molecule has 2 aromatic rings. The zero-order valence-electron chi connectivity index (χ0n) is 19.8. The first kappa shape index (κ1) is 27.4. The van der Waals surface area contributed by atoms with Crippen LogP contribution < -0.4 is 5.32 Å². The van der Waals surface area contributed by atoms with Crippen LogP contribution >= 0.6 is 23.2 Å². The Labute approximate surface area is 220 Å². The average Bonchev–Trinajstić information content (AvgIpc) is 3.51. The molecule has 2 aliphatic carbocycles. The van der Waals surface area contributed by atoms with Crippen LogP contribution in [0.5, 0.6) is 0 Å². The highest BCUT2D eigenvalue weighted by molar-refractivity contribution is 6.40. The summed E-state index contributed by atoms with van der Waals surface area (Å²) < 4.78 is 43.3. The number of carboxylic acid groups (broad SMARTS) is 1. The fourth-order valence-electron chi connectivity index (χ4n) is 4.76. The summed E-state index contributed by atoms with van der Waals surface area (Å²) in [6, 6.07) is -1.86. The molecule has 2 aromatic heterocycles. The van der Waals surface area contributed by atoms with Crippen molar-refractivity contribution in [2.75, 3.05) is 0 Å². The molecule has 0 saturated heterocycles. The van der Waals surface area contributed by atoms with E-state index in [1.54, 1.807) is 6.92 Å². The van der Waals surface area contributed by atoms with Gasteiger partial charge in [-0.05, 0) is 44.9 Å². The number of alkyl halides is 3. The molecule has 0 aromatic carbocycles. The number of carboxylic acids is 1. The number of aromatic nitrogens is 3. The van der Waals surface area contributed by atoms with Crippen molar-refractivity contribution >= 4 is 40.9 Å². The highest BCUT2D eigenvalue weighted by Gasteiger charge is 2.45. The van der Waals surface area contributed by atoms with Crippen molar-refractivity contribution in [1.29, 1.82) is 0 Å². The van der Waals surface area contributed by atoms with Gasteiger partial charge in [0.1, 0.15) is 0 Å². The van der Waals surface area contributed by atoms with Crippen LogP contribution in [0, 0.1) is 11.3 Å². The second kappa shape index (κ2) is 10.2. The number of halogens is 5. The maximum absolute atomic E-state index is 14.2. The number of carbonyl (C=O) groups excluding carboxylic acids is 2. The smallest absolute Gasteiger partial charge is 0.433 e. The zero-order valence-corrected chi connectivity index (χ0v) is 21.3. The lowest BCUT2D eigenvalue weighted by molar-refractivity contribution is -0.152. The molecule has 0 radical (unpaired) electrons. The zero-order chi connectivity index (χ0) is 27.1. The Morgan fingerprint density at radius 1 is 1.14 bits per heavy atom. The molecular formula is C24H25Cl2F3N4O4. The minimum absolute atomic E-state index is 0.0259. The first-order valence-corrected chi connectivity index (χ1v) is 12.6. The highest BCUT2D eigenvalue weighted by Crippen LogP contribution is 2.43. The van der Waals surface area contributed by atoms with E-state index in [0.29, 0.717) is 0 Å². The van der Waals surface area contributed by atoms with Crippen molar-refractivity contribution in [2.45, 2.75) is 70.1 Å². The van der Waals surface area contributed by atoms with E-state index in [-0.39, 0.29) is 53.6 Å². The van der Waals surface area contributed by atoms with Gasteiger partial charge in [-0.15, -0.1) is 0 Å². The first-order valence-electron chi connectivity index (χ1n) is 11.8. The van der Waals surface area contributed by atoms with Crippen molar-refractivity contribution in [3.63, 3.8) is 0 Å². The van der Waals surface area contributed by atoms with Gasteiger partial charge in [-0.3, -0.25) is 24.0 Å². The molecule has 200 valence electrons. The maximum atomic E-state index is 14.2. The van der Waals surface area contributed by atoms with Gasteiger partial charge in [-0.2, -0.15) is 18.3 Å². The first-order chi connectivity index (χ1) is 17.3. The third-order valence-electron chi connectivity index (χ3n) is 7.22. The van der Waals surface area contributed by atoms with Gasteiger partial charge in [0, 0.05) is 12.4 Å². The van der Waals surface area contributed by atoms with Gasteiger partial charge >= 0.3 is 12.1 Å². The molecule has 0 spiro atoms. The van der Waals surface area contributed by atoms with Gasteiger partial charge in [-0.1, -0.05) is 36.0 Å². The van der Waals surface area contributed by atoms with Crippen LogP contribution in [0.25, 0.3) is 0 Å². The lowest BCUT2D eigenvalue weighted by Crippen LogP contribution is -2.42. The largest absolute Gasteiger partial charge is 0.481 e. The van der Waals surface area contributed by atoms with Crippen molar-refractivity contribution in [3.05, 3.63) is 45.5 Å². The van der Waals surface area contributed by atoms with E-state index < -0.39 is 52.6 Å². The molecule has 2 aliphatic rings. The fourth-order valence-corrected chi connectivity index (χ4v) is 5.31. The van der Waals surface area contributed by atoms with Crippen LogP contribution in [0.3, 0.4) is 0 Å². The molecule has 2 N–H and O–H groups in total. The number of Topliss-reactive ketones (excluding diaryl/α,β-unsaturated/α-hetero) is 1. The predicted octanol–water partition coefficient (Wildman–Crippen LogP) is 5.59. The highest BCUT2D eigenvalue weighted by atomic mass is 35.5. The Balaban J connectivity index is 1.61. The molecule has 13 heteroatoms. The molecule has 2 saturated carbocycles. The summed E-state index contributed by atoms with van der Waals surface area (Å²) in [5.74, 6) is -2.56. The number of amides is 1. The number of nitrogens with one attached hydrogen (secondary N) is 1. The Morgan fingerprint density at radius 3 is 2.24 bits per heavy atom. The second-order valence-electron chi connectivity index (χ2n) is 9.99. The number of pyridine rings is 1. The molecule has 0 bridgehead atoms. The molecule has 37 heavy (non-hydrogen) atoms. The number of ketones is 1. The molecule has 2 fully saturated rings. The normalized spacial score (nSPS) is 22.9. The summed E-state index contributed by atoms with van der Waals surface area (Å²) in [7, 11) is 0. The number of rotatable bonds is 8. The van der Waals surface area contributed by atoms with Crippen LogP contribution in [0.2, 0.25) is 10.0 Å². The Bertz CT molecular complexity index is 1200. The number of hydrogen-bond acceptors (Lipinski definition) is 5. The van der Waals surface area contributed by atoms with Gasteiger partial charge < -0.3 is 10.4 Å². The molecule has 1 amide bonds. The van der Waals surface area contributed by atoms with Crippen molar-refractivity contribution in [1.82, 2.24) is 20.1 Å². The lowest BCUT2D eigenvalue weighted by Gasteiger charge is -2.34. The topological polar surface area (TPSA) is 114 Å².